The second-order valence-electron chi connectivity index (χ2n) is 6.31. The summed E-state index contributed by atoms with van der Waals surface area (Å²) in [6, 6.07) is 10.2. The number of nitrogens with one attached hydrogen (secondary N) is 1. The average molecular weight is 352 g/mol. The van der Waals surface area contributed by atoms with E-state index in [9.17, 15) is 4.79 Å². The van der Waals surface area contributed by atoms with E-state index < -0.39 is 0 Å². The standard InChI is InChI=1S/C19H20N4OS/c24-19(14-8-10-25-13-14)21-12-15-11-18(17-7-3-4-9-20-17)23(22-15)16-5-1-2-6-16/h3-4,7-11,13,16H,1-2,5-6,12H2,(H,21,24). The van der Waals surface area contributed by atoms with Crippen molar-refractivity contribution in [1.29, 1.82) is 0 Å². The molecule has 0 radical (unpaired) electrons. The molecule has 1 aliphatic carbocycles. The molecule has 1 aliphatic rings. The zero-order chi connectivity index (χ0) is 17.1. The Bertz CT molecular complexity index is 836. The summed E-state index contributed by atoms with van der Waals surface area (Å²) in [5.41, 5.74) is 3.53. The molecule has 0 saturated heterocycles. The highest BCUT2D eigenvalue weighted by Crippen LogP contribution is 2.33. The first-order chi connectivity index (χ1) is 12.3. The fourth-order valence-corrected chi connectivity index (χ4v) is 3.97. The van der Waals surface area contributed by atoms with E-state index in [1.807, 2.05) is 35.0 Å². The summed E-state index contributed by atoms with van der Waals surface area (Å²) in [4.78, 5) is 16.6. The van der Waals surface area contributed by atoms with Crippen LogP contribution < -0.4 is 5.32 Å². The van der Waals surface area contributed by atoms with E-state index in [-0.39, 0.29) is 5.91 Å². The van der Waals surface area contributed by atoms with Crippen molar-refractivity contribution in [3.63, 3.8) is 0 Å². The van der Waals surface area contributed by atoms with Crippen molar-refractivity contribution >= 4 is 17.2 Å². The van der Waals surface area contributed by atoms with E-state index in [1.54, 1.807) is 6.20 Å². The van der Waals surface area contributed by atoms with Gasteiger partial charge < -0.3 is 5.32 Å². The Labute approximate surface area is 150 Å². The van der Waals surface area contributed by atoms with Gasteiger partial charge in [0.15, 0.2) is 0 Å². The topological polar surface area (TPSA) is 59.8 Å². The summed E-state index contributed by atoms with van der Waals surface area (Å²) >= 11 is 1.52. The van der Waals surface area contributed by atoms with Gasteiger partial charge in [0.2, 0.25) is 0 Å². The molecular formula is C19H20N4OS. The lowest BCUT2D eigenvalue weighted by atomic mass is 10.2. The Morgan fingerprint density at radius 1 is 1.28 bits per heavy atom. The first-order valence-corrected chi connectivity index (χ1v) is 9.56. The smallest absolute Gasteiger partial charge is 0.252 e. The van der Waals surface area contributed by atoms with Crippen LogP contribution in [-0.2, 0) is 6.54 Å². The third kappa shape index (κ3) is 3.49. The van der Waals surface area contributed by atoms with Gasteiger partial charge in [0, 0.05) is 17.1 Å². The molecule has 4 rings (SSSR count). The van der Waals surface area contributed by atoms with E-state index in [2.05, 4.69) is 21.0 Å². The van der Waals surface area contributed by atoms with Crippen molar-refractivity contribution in [2.45, 2.75) is 38.3 Å². The van der Waals surface area contributed by atoms with Gasteiger partial charge in [-0.15, -0.1) is 0 Å². The normalized spacial score (nSPS) is 14.7. The molecule has 1 fully saturated rings. The van der Waals surface area contributed by atoms with Crippen LogP contribution in [0.2, 0.25) is 0 Å². The zero-order valence-electron chi connectivity index (χ0n) is 13.9. The second-order valence-corrected chi connectivity index (χ2v) is 7.09. The molecule has 3 aromatic heterocycles. The predicted molar refractivity (Wildman–Crippen MR) is 98.5 cm³/mol. The third-order valence-electron chi connectivity index (χ3n) is 4.60. The average Bonchev–Trinajstić information content (AvgIpc) is 3.41. The number of hydrogen-bond acceptors (Lipinski definition) is 4. The minimum Gasteiger partial charge on any atom is -0.346 e. The molecule has 0 bridgehead atoms. The minimum absolute atomic E-state index is 0.0592. The van der Waals surface area contributed by atoms with Crippen LogP contribution in [0, 0.1) is 0 Å². The summed E-state index contributed by atoms with van der Waals surface area (Å²) < 4.78 is 2.11. The lowest BCUT2D eigenvalue weighted by Crippen LogP contribution is -2.22. The fourth-order valence-electron chi connectivity index (χ4n) is 3.33. The molecule has 0 spiro atoms. The molecule has 6 heteroatoms. The zero-order valence-corrected chi connectivity index (χ0v) is 14.7. The number of rotatable bonds is 5. The van der Waals surface area contributed by atoms with Gasteiger partial charge in [0.1, 0.15) is 0 Å². The molecule has 1 saturated carbocycles. The number of pyridine rings is 1. The molecule has 0 unspecified atom stereocenters. The van der Waals surface area contributed by atoms with Crippen molar-refractivity contribution in [1.82, 2.24) is 20.1 Å². The van der Waals surface area contributed by atoms with Crippen molar-refractivity contribution < 1.29 is 4.79 Å². The van der Waals surface area contributed by atoms with Crippen LogP contribution in [0.3, 0.4) is 0 Å². The molecule has 25 heavy (non-hydrogen) atoms. The van der Waals surface area contributed by atoms with Gasteiger partial charge in [0.25, 0.3) is 5.91 Å². The molecule has 3 heterocycles. The number of amides is 1. The SMILES string of the molecule is O=C(NCc1cc(-c2ccccn2)n(C2CCCC2)n1)c1ccsc1. The number of nitrogens with zero attached hydrogens (tertiary/aromatic N) is 3. The van der Waals surface area contributed by atoms with Crippen LogP contribution in [-0.4, -0.2) is 20.7 Å². The molecule has 3 aromatic rings. The number of aromatic nitrogens is 3. The summed E-state index contributed by atoms with van der Waals surface area (Å²) in [5.74, 6) is -0.0592. The Hall–Kier alpha value is -2.47. The van der Waals surface area contributed by atoms with E-state index >= 15 is 0 Å². The molecule has 128 valence electrons. The van der Waals surface area contributed by atoms with Crippen molar-refractivity contribution in [2.75, 3.05) is 0 Å². The van der Waals surface area contributed by atoms with E-state index in [0.717, 1.165) is 29.9 Å². The van der Waals surface area contributed by atoms with Crippen LogP contribution in [0.1, 0.15) is 47.8 Å². The number of carbonyl (C=O) groups excluding carboxylic acids is 1. The maximum atomic E-state index is 12.1. The molecule has 1 N–H and O–H groups in total. The van der Waals surface area contributed by atoms with Crippen molar-refractivity contribution in [2.24, 2.45) is 0 Å². The predicted octanol–water partition coefficient (Wildman–Crippen LogP) is 4.05. The Morgan fingerprint density at radius 2 is 2.16 bits per heavy atom. The summed E-state index contributed by atoms with van der Waals surface area (Å²) in [7, 11) is 0. The Morgan fingerprint density at radius 3 is 2.88 bits per heavy atom. The molecule has 0 aromatic carbocycles. The first-order valence-electron chi connectivity index (χ1n) is 8.61. The van der Waals surface area contributed by atoms with Crippen LogP contribution in [0.4, 0.5) is 0 Å². The maximum absolute atomic E-state index is 12.1. The Balaban J connectivity index is 1.57. The second kappa shape index (κ2) is 7.19. The largest absolute Gasteiger partial charge is 0.346 e. The van der Waals surface area contributed by atoms with Gasteiger partial charge >= 0.3 is 0 Å². The van der Waals surface area contributed by atoms with Gasteiger partial charge in [0.05, 0.1) is 29.7 Å². The lowest BCUT2D eigenvalue weighted by Gasteiger charge is -2.13. The van der Waals surface area contributed by atoms with Gasteiger partial charge in [-0.25, -0.2) is 0 Å². The molecule has 0 aliphatic heterocycles. The monoisotopic (exact) mass is 352 g/mol. The van der Waals surface area contributed by atoms with Gasteiger partial charge in [-0.3, -0.25) is 14.5 Å². The number of hydrogen-bond donors (Lipinski definition) is 1. The van der Waals surface area contributed by atoms with E-state index in [0.29, 0.717) is 18.2 Å². The molecule has 1 amide bonds. The highest BCUT2D eigenvalue weighted by Gasteiger charge is 2.22. The minimum atomic E-state index is -0.0592. The maximum Gasteiger partial charge on any atom is 0.252 e. The van der Waals surface area contributed by atoms with Crippen LogP contribution in [0.5, 0.6) is 0 Å². The Kier molecular flexibility index (Phi) is 4.61. The van der Waals surface area contributed by atoms with Crippen molar-refractivity contribution in [3.8, 4) is 11.4 Å². The van der Waals surface area contributed by atoms with Crippen LogP contribution in [0.15, 0.2) is 47.3 Å². The summed E-state index contributed by atoms with van der Waals surface area (Å²) in [6.07, 6.45) is 6.61. The van der Waals surface area contributed by atoms with Gasteiger partial charge in [-0.2, -0.15) is 16.4 Å². The molecular weight excluding hydrogens is 332 g/mol. The molecule has 0 atom stereocenters. The van der Waals surface area contributed by atoms with Crippen LogP contribution >= 0.6 is 11.3 Å². The number of carbonyl (C=O) groups is 1. The van der Waals surface area contributed by atoms with Crippen molar-refractivity contribution in [3.05, 3.63) is 58.5 Å². The van der Waals surface area contributed by atoms with Gasteiger partial charge in [-0.1, -0.05) is 18.9 Å². The summed E-state index contributed by atoms with van der Waals surface area (Å²) in [6.45, 7) is 0.425. The fraction of sp³-hybridized carbons (Fsp3) is 0.316. The third-order valence-corrected chi connectivity index (χ3v) is 5.28. The van der Waals surface area contributed by atoms with Crippen LogP contribution in [0.25, 0.3) is 11.4 Å². The summed E-state index contributed by atoms with van der Waals surface area (Å²) in [5, 5.41) is 11.5. The van der Waals surface area contributed by atoms with E-state index in [1.165, 1.54) is 24.2 Å². The lowest BCUT2D eigenvalue weighted by molar-refractivity contribution is 0.0951. The first kappa shape index (κ1) is 16.0. The highest BCUT2D eigenvalue weighted by atomic mass is 32.1. The quantitative estimate of drug-likeness (QED) is 0.753. The van der Waals surface area contributed by atoms with Gasteiger partial charge in [-0.05, 0) is 42.5 Å². The van der Waals surface area contributed by atoms with E-state index in [4.69, 9.17) is 5.10 Å². The highest BCUT2D eigenvalue weighted by molar-refractivity contribution is 7.08. The molecule has 5 nitrogen and oxygen atoms in total. The number of thiophene rings is 1.